The Hall–Kier alpha value is -9.91. The van der Waals surface area contributed by atoms with Crippen molar-refractivity contribution in [1.29, 1.82) is 0 Å². The highest BCUT2D eigenvalue weighted by Crippen LogP contribution is 2.45. The van der Waals surface area contributed by atoms with Crippen LogP contribution in [0.4, 0.5) is 0 Å². The van der Waals surface area contributed by atoms with Crippen LogP contribution in [0.3, 0.4) is 0 Å². The molecule has 6 heteroatoms. The SMILES string of the molecule is CC(C)(C)c1ccc2c(c1)c1cc(C(C)(C)C)ccc1n2-c1ccc2c(c1)c1cc(-n3c4ccc(C(C)(C)C)cc4c4cc(C(C)(C)C)ccc43)ccc1n2-c1nc(-c2c3ccccc3cc3ccccc23)nc(-c2c3ccccc3cc3ccccc23)n1. The highest BCUT2D eigenvalue weighted by atomic mass is 15.2. The van der Waals surface area contributed by atoms with E-state index in [1.165, 1.54) is 65.9 Å². The number of fused-ring (bicyclic) bond motifs is 13. The lowest BCUT2D eigenvalue weighted by atomic mass is 9.85. The van der Waals surface area contributed by atoms with Crippen molar-refractivity contribution in [2.45, 2.75) is 105 Å². The molecule has 0 saturated carbocycles. The third-order valence-electron chi connectivity index (χ3n) is 19.1. The Morgan fingerprint density at radius 1 is 0.236 bits per heavy atom. The summed E-state index contributed by atoms with van der Waals surface area (Å²) in [5.41, 5.74) is 15.9. The molecule has 434 valence electrons. The summed E-state index contributed by atoms with van der Waals surface area (Å²) >= 11 is 0. The lowest BCUT2D eigenvalue weighted by Crippen LogP contribution is -2.10. The average Bonchev–Trinajstić information content (AvgIpc) is 1.67. The molecule has 0 unspecified atom stereocenters. The van der Waals surface area contributed by atoms with Crippen molar-refractivity contribution < 1.29 is 0 Å². The summed E-state index contributed by atoms with van der Waals surface area (Å²) in [6.45, 7) is 27.7. The largest absolute Gasteiger partial charge is 0.309 e. The molecule has 4 heterocycles. The van der Waals surface area contributed by atoms with Crippen molar-refractivity contribution in [3.05, 3.63) is 241 Å². The minimum absolute atomic E-state index is 0.0288. The molecular formula is C83H72N6. The van der Waals surface area contributed by atoms with Gasteiger partial charge in [0.15, 0.2) is 11.6 Å². The highest BCUT2D eigenvalue weighted by molar-refractivity contribution is 6.17. The Bertz CT molecular complexity index is 5060. The Kier molecular flexibility index (Phi) is 11.8. The summed E-state index contributed by atoms with van der Waals surface area (Å²) < 4.78 is 7.28. The highest BCUT2D eigenvalue weighted by Gasteiger charge is 2.27. The van der Waals surface area contributed by atoms with Crippen molar-refractivity contribution >= 4 is 109 Å². The standard InChI is InChI=1S/C83H72N6/c1-80(2,3)53-29-35-69-63(43-53)64-44-54(81(4,5)6)30-36-70(64)87(69)57-33-39-73-67(47-57)68-48-58(88-71-37-31-55(82(7,8)9)45-65(71)66-46-56(83(10,11)12)32-38-72(66)88)34-40-74(68)89(73)79-85-77(75-59-25-17-13-21-49(59)41-50-22-14-18-26-60(50)75)84-78(86-79)76-61-27-19-15-23-51(61)42-52-24-16-20-28-62(52)76/h13-48H,1-12H3. The molecule has 16 aromatic rings. The van der Waals surface area contributed by atoms with Crippen LogP contribution in [0.2, 0.25) is 0 Å². The Labute approximate surface area is 519 Å². The van der Waals surface area contributed by atoms with Gasteiger partial charge in [0, 0.05) is 54.8 Å². The number of hydrogen-bond acceptors (Lipinski definition) is 3. The summed E-state index contributed by atoms with van der Waals surface area (Å²) in [6, 6.07) is 81.7. The van der Waals surface area contributed by atoms with E-state index in [4.69, 9.17) is 15.0 Å². The normalized spacial score (nSPS) is 12.9. The smallest absolute Gasteiger partial charge is 0.238 e. The van der Waals surface area contributed by atoms with E-state index in [2.05, 4.69) is 315 Å². The van der Waals surface area contributed by atoms with E-state index in [0.717, 1.165) is 87.4 Å². The zero-order valence-electron chi connectivity index (χ0n) is 53.0. The molecule has 0 spiro atoms. The molecule has 4 aromatic heterocycles. The van der Waals surface area contributed by atoms with Crippen molar-refractivity contribution in [1.82, 2.24) is 28.7 Å². The minimum atomic E-state index is -0.0288. The van der Waals surface area contributed by atoms with Gasteiger partial charge in [0.2, 0.25) is 5.95 Å². The van der Waals surface area contributed by atoms with Gasteiger partial charge in [-0.2, -0.15) is 9.97 Å². The monoisotopic (exact) mass is 1150 g/mol. The van der Waals surface area contributed by atoms with Gasteiger partial charge in [-0.15, -0.1) is 0 Å². The predicted molar refractivity (Wildman–Crippen MR) is 379 cm³/mol. The van der Waals surface area contributed by atoms with Gasteiger partial charge in [-0.3, -0.25) is 4.57 Å². The van der Waals surface area contributed by atoms with E-state index in [1.807, 2.05) is 0 Å². The fraction of sp³-hybridized carbons (Fsp3) is 0.193. The third-order valence-corrected chi connectivity index (χ3v) is 19.1. The van der Waals surface area contributed by atoms with Crippen LogP contribution >= 0.6 is 0 Å². The Morgan fingerprint density at radius 3 is 0.787 bits per heavy atom. The van der Waals surface area contributed by atoms with Crippen LogP contribution in [-0.4, -0.2) is 28.7 Å². The van der Waals surface area contributed by atoms with E-state index in [9.17, 15) is 0 Å². The summed E-state index contributed by atoms with van der Waals surface area (Å²) in [5, 5.41) is 16.0. The first kappa shape index (κ1) is 54.5. The van der Waals surface area contributed by atoms with Gasteiger partial charge < -0.3 is 9.13 Å². The maximum atomic E-state index is 5.78. The lowest BCUT2D eigenvalue weighted by molar-refractivity contribution is 0.590. The lowest BCUT2D eigenvalue weighted by Gasteiger charge is -2.19. The fourth-order valence-electron chi connectivity index (χ4n) is 14.2. The Balaban J connectivity index is 1.03. The van der Waals surface area contributed by atoms with Gasteiger partial charge in [0.1, 0.15) is 0 Å². The number of nitrogens with zero attached hydrogens (tertiary/aromatic N) is 6. The molecule has 0 bridgehead atoms. The van der Waals surface area contributed by atoms with Crippen LogP contribution in [-0.2, 0) is 21.7 Å². The van der Waals surface area contributed by atoms with E-state index in [0.29, 0.717) is 17.6 Å². The van der Waals surface area contributed by atoms with Gasteiger partial charge in [0.05, 0.1) is 33.1 Å². The zero-order chi connectivity index (χ0) is 61.2. The summed E-state index contributed by atoms with van der Waals surface area (Å²) in [4.78, 5) is 17.3. The first-order valence-electron chi connectivity index (χ1n) is 31.5. The average molecular weight is 1150 g/mol. The van der Waals surface area contributed by atoms with E-state index in [1.54, 1.807) is 0 Å². The molecule has 0 amide bonds. The van der Waals surface area contributed by atoms with Crippen LogP contribution < -0.4 is 0 Å². The second kappa shape index (κ2) is 19.3. The number of hydrogen-bond donors (Lipinski definition) is 0. The first-order chi connectivity index (χ1) is 42.6. The predicted octanol–water partition coefficient (Wildman–Crippen LogP) is 22.3. The van der Waals surface area contributed by atoms with Gasteiger partial charge in [-0.05, 0) is 184 Å². The second-order valence-corrected chi connectivity index (χ2v) is 29.0. The Morgan fingerprint density at radius 2 is 0.494 bits per heavy atom. The van der Waals surface area contributed by atoms with Crippen LogP contribution in [0.1, 0.15) is 105 Å². The van der Waals surface area contributed by atoms with Crippen LogP contribution in [0.25, 0.3) is 149 Å². The molecule has 0 aliphatic carbocycles. The molecule has 0 radical (unpaired) electrons. The van der Waals surface area contributed by atoms with Crippen LogP contribution in [0.15, 0.2) is 218 Å². The molecule has 89 heavy (non-hydrogen) atoms. The van der Waals surface area contributed by atoms with Crippen molar-refractivity contribution in [2.24, 2.45) is 0 Å². The van der Waals surface area contributed by atoms with Gasteiger partial charge in [-0.25, -0.2) is 4.98 Å². The maximum Gasteiger partial charge on any atom is 0.238 e. The topological polar surface area (TPSA) is 53.5 Å². The van der Waals surface area contributed by atoms with E-state index < -0.39 is 0 Å². The van der Waals surface area contributed by atoms with Gasteiger partial charge in [0.25, 0.3) is 0 Å². The molecule has 12 aromatic carbocycles. The van der Waals surface area contributed by atoms with Crippen LogP contribution in [0.5, 0.6) is 0 Å². The summed E-state index contributed by atoms with van der Waals surface area (Å²) in [6.07, 6.45) is 0. The summed E-state index contributed by atoms with van der Waals surface area (Å²) in [5.74, 6) is 1.77. The molecular weight excluding hydrogens is 1080 g/mol. The summed E-state index contributed by atoms with van der Waals surface area (Å²) in [7, 11) is 0. The molecule has 0 aliphatic heterocycles. The second-order valence-electron chi connectivity index (χ2n) is 29.0. The van der Waals surface area contributed by atoms with Crippen molar-refractivity contribution in [2.75, 3.05) is 0 Å². The molecule has 0 fully saturated rings. The third kappa shape index (κ3) is 8.69. The van der Waals surface area contributed by atoms with Crippen molar-refractivity contribution in [3.63, 3.8) is 0 Å². The maximum absolute atomic E-state index is 5.78. The molecule has 0 atom stereocenters. The molecule has 6 nitrogen and oxygen atoms in total. The fourth-order valence-corrected chi connectivity index (χ4v) is 14.2. The van der Waals surface area contributed by atoms with Gasteiger partial charge >= 0.3 is 0 Å². The first-order valence-corrected chi connectivity index (χ1v) is 31.5. The minimum Gasteiger partial charge on any atom is -0.309 e. The van der Waals surface area contributed by atoms with Gasteiger partial charge in [-0.1, -0.05) is 204 Å². The number of rotatable bonds is 5. The zero-order valence-corrected chi connectivity index (χ0v) is 53.0. The van der Waals surface area contributed by atoms with Crippen molar-refractivity contribution in [3.8, 4) is 40.1 Å². The number of benzene rings is 12. The van der Waals surface area contributed by atoms with E-state index >= 15 is 0 Å². The molecule has 0 N–H and O–H groups in total. The van der Waals surface area contributed by atoms with Crippen LogP contribution in [0, 0.1) is 0 Å². The molecule has 0 saturated heterocycles. The number of aromatic nitrogens is 6. The quantitative estimate of drug-likeness (QED) is 0.161. The van der Waals surface area contributed by atoms with E-state index in [-0.39, 0.29) is 21.7 Å². The molecule has 0 aliphatic rings. The molecule has 16 rings (SSSR count).